The Bertz CT molecular complexity index is 192. The van der Waals surface area contributed by atoms with Crippen LogP contribution in [0.5, 0.6) is 0 Å². The van der Waals surface area contributed by atoms with Gasteiger partial charge in [-0.25, -0.2) is 0 Å². The highest BCUT2D eigenvalue weighted by molar-refractivity contribution is 5.08. The van der Waals surface area contributed by atoms with E-state index in [1.54, 1.807) is 0 Å². The van der Waals surface area contributed by atoms with Gasteiger partial charge in [0.2, 0.25) is 0 Å². The first-order chi connectivity index (χ1) is 6.50. The van der Waals surface area contributed by atoms with Crippen LogP contribution in [0.1, 0.15) is 25.7 Å². The minimum atomic E-state index is 1.07. The topological polar surface area (TPSA) is 0 Å². The second kappa shape index (κ2) is 7.60. The minimum Gasteiger partial charge on any atom is -0.0843 e. The molecular weight excluding hydrogens is 156 g/mol. The molecule has 0 aromatic heterocycles. The summed E-state index contributed by atoms with van der Waals surface area (Å²) in [5, 5.41) is 0. The molecule has 0 atom stereocenters. The third-order valence-corrected chi connectivity index (χ3v) is 1.87. The van der Waals surface area contributed by atoms with Crippen molar-refractivity contribution < 1.29 is 0 Å². The van der Waals surface area contributed by atoms with Gasteiger partial charge in [0.1, 0.15) is 0 Å². The van der Waals surface area contributed by atoms with E-state index < -0.39 is 0 Å². The predicted molar refractivity (Wildman–Crippen MR) is 59.3 cm³/mol. The molecule has 0 N–H and O–H groups in total. The number of rotatable bonds is 0. The molecule has 1 aliphatic carbocycles. The van der Waals surface area contributed by atoms with Gasteiger partial charge in [0, 0.05) is 0 Å². The first-order valence-electron chi connectivity index (χ1n) is 4.95. The summed E-state index contributed by atoms with van der Waals surface area (Å²) in [4.78, 5) is 0. The Morgan fingerprint density at radius 3 is 1.54 bits per heavy atom. The van der Waals surface area contributed by atoms with Crippen LogP contribution in [0.4, 0.5) is 0 Å². The van der Waals surface area contributed by atoms with Gasteiger partial charge in [-0.2, -0.15) is 0 Å². The van der Waals surface area contributed by atoms with Crippen LogP contribution in [0.25, 0.3) is 0 Å². The van der Waals surface area contributed by atoms with E-state index in [1.807, 2.05) is 0 Å². The Morgan fingerprint density at radius 1 is 0.538 bits per heavy atom. The van der Waals surface area contributed by atoms with Crippen molar-refractivity contribution >= 4 is 0 Å². The fourth-order valence-electron chi connectivity index (χ4n) is 1.14. The maximum atomic E-state index is 2.27. The van der Waals surface area contributed by atoms with Gasteiger partial charge in [-0.15, -0.1) is 0 Å². The molecule has 69 valence electrons. The molecule has 0 saturated heterocycles. The van der Waals surface area contributed by atoms with E-state index in [0.29, 0.717) is 0 Å². The summed E-state index contributed by atoms with van der Waals surface area (Å²) in [5.41, 5.74) is 0. The molecule has 13 heavy (non-hydrogen) atoms. The highest BCUT2D eigenvalue weighted by Gasteiger charge is 1.81. The molecule has 0 heteroatoms. The van der Waals surface area contributed by atoms with Crippen LogP contribution in [-0.4, -0.2) is 0 Å². The van der Waals surface area contributed by atoms with Gasteiger partial charge in [0.15, 0.2) is 0 Å². The monoisotopic (exact) mass is 173 g/mol. The summed E-state index contributed by atoms with van der Waals surface area (Å²) in [6.45, 7) is 0. The highest BCUT2D eigenvalue weighted by atomic mass is 13.9. The van der Waals surface area contributed by atoms with Crippen molar-refractivity contribution in [3.63, 3.8) is 0 Å². The average Bonchev–Trinajstić information content (AvgIpc) is 2.18. The van der Waals surface area contributed by atoms with Gasteiger partial charge in [0.05, 0.1) is 0 Å². The van der Waals surface area contributed by atoms with E-state index in [4.69, 9.17) is 0 Å². The predicted octanol–water partition coefficient (Wildman–Crippen LogP) is 3.99. The molecule has 0 nitrogen and oxygen atoms in total. The van der Waals surface area contributed by atoms with Crippen LogP contribution in [0.3, 0.4) is 0 Å². The van der Waals surface area contributed by atoms with Gasteiger partial charge in [-0.3, -0.25) is 0 Å². The lowest BCUT2D eigenvalue weighted by atomic mass is 10.2. The van der Waals surface area contributed by atoms with Crippen molar-refractivity contribution in [3.05, 3.63) is 55.0 Å². The van der Waals surface area contributed by atoms with Gasteiger partial charge in [-0.05, 0) is 32.1 Å². The van der Waals surface area contributed by atoms with Gasteiger partial charge in [0.25, 0.3) is 0 Å². The number of hydrogen-bond acceptors (Lipinski definition) is 0. The first kappa shape index (κ1) is 10.0. The summed E-state index contributed by atoms with van der Waals surface area (Å²) >= 11 is 0. The van der Waals surface area contributed by atoms with Crippen LogP contribution < -0.4 is 0 Å². The van der Waals surface area contributed by atoms with Crippen molar-refractivity contribution in [2.24, 2.45) is 0 Å². The smallest absolute Gasteiger partial charge is 0.0310 e. The van der Waals surface area contributed by atoms with Crippen molar-refractivity contribution in [2.45, 2.75) is 25.7 Å². The van der Waals surface area contributed by atoms with E-state index in [0.717, 1.165) is 25.7 Å². The van der Waals surface area contributed by atoms with E-state index in [-0.39, 0.29) is 0 Å². The Balaban J connectivity index is 2.38. The molecule has 0 spiro atoms. The maximum Gasteiger partial charge on any atom is -0.0310 e. The van der Waals surface area contributed by atoms with E-state index in [1.165, 1.54) is 0 Å². The van der Waals surface area contributed by atoms with Crippen molar-refractivity contribution in [3.8, 4) is 0 Å². The Morgan fingerprint density at radius 2 is 1.00 bits per heavy atom. The SMILES string of the molecule is [CH]1CC=CC=CCCC=CC=CC1. The van der Waals surface area contributed by atoms with Crippen LogP contribution in [-0.2, 0) is 0 Å². The Labute approximate surface area is 81.4 Å². The molecule has 0 aliphatic heterocycles. The molecule has 0 heterocycles. The molecule has 0 bridgehead atoms. The summed E-state index contributed by atoms with van der Waals surface area (Å²) in [7, 11) is 0. The minimum absolute atomic E-state index is 1.07. The maximum absolute atomic E-state index is 2.27. The largest absolute Gasteiger partial charge is 0.0843 e. The Kier molecular flexibility index (Phi) is 5.87. The van der Waals surface area contributed by atoms with Crippen molar-refractivity contribution in [1.82, 2.24) is 0 Å². The lowest BCUT2D eigenvalue weighted by Gasteiger charge is -1.87. The third kappa shape index (κ3) is 6.15. The standard InChI is InChI=1S/C13H17/c1-2-4-6-8-10-12-13-11-9-7-5-3-1/h1-4,7,10-13H,5-6,8-9H2. The fraction of sp³-hybridized carbons (Fsp3) is 0.308. The lowest BCUT2D eigenvalue weighted by molar-refractivity contribution is 1.05. The highest BCUT2D eigenvalue weighted by Crippen LogP contribution is 2.00. The molecule has 1 radical (unpaired) electrons. The quantitative estimate of drug-likeness (QED) is 0.519. The fourth-order valence-corrected chi connectivity index (χ4v) is 1.14. The van der Waals surface area contributed by atoms with Crippen LogP contribution >= 0.6 is 0 Å². The molecule has 0 amide bonds. The molecule has 0 fully saturated rings. The molecule has 0 aromatic rings. The van der Waals surface area contributed by atoms with E-state index >= 15 is 0 Å². The average molecular weight is 173 g/mol. The third-order valence-electron chi connectivity index (χ3n) is 1.87. The van der Waals surface area contributed by atoms with Crippen LogP contribution in [0.2, 0.25) is 0 Å². The number of allylic oxidation sites excluding steroid dienone is 8. The van der Waals surface area contributed by atoms with Crippen molar-refractivity contribution in [1.29, 1.82) is 0 Å². The van der Waals surface area contributed by atoms with Gasteiger partial charge >= 0.3 is 0 Å². The molecule has 1 rings (SSSR count). The van der Waals surface area contributed by atoms with Crippen LogP contribution in [0, 0.1) is 6.42 Å². The zero-order valence-electron chi connectivity index (χ0n) is 8.02. The Hall–Kier alpha value is -1.04. The van der Waals surface area contributed by atoms with E-state index in [2.05, 4.69) is 55.0 Å². The van der Waals surface area contributed by atoms with E-state index in [9.17, 15) is 0 Å². The number of hydrogen-bond donors (Lipinski definition) is 0. The first-order valence-corrected chi connectivity index (χ1v) is 4.95. The van der Waals surface area contributed by atoms with Crippen molar-refractivity contribution in [2.75, 3.05) is 0 Å². The summed E-state index contributed by atoms with van der Waals surface area (Å²) < 4.78 is 0. The normalized spacial score (nSPS) is 19.1. The summed E-state index contributed by atoms with van der Waals surface area (Å²) in [5.74, 6) is 0. The zero-order chi connectivity index (χ0) is 9.19. The summed E-state index contributed by atoms with van der Waals surface area (Å²) in [6, 6.07) is 0. The summed E-state index contributed by atoms with van der Waals surface area (Å²) in [6.07, 6.45) is 24.0. The van der Waals surface area contributed by atoms with Crippen LogP contribution in [0.15, 0.2) is 48.6 Å². The van der Waals surface area contributed by atoms with Gasteiger partial charge in [-0.1, -0.05) is 48.6 Å². The lowest BCUT2D eigenvalue weighted by Crippen LogP contribution is -1.69. The molecule has 1 aliphatic rings. The van der Waals surface area contributed by atoms with Gasteiger partial charge < -0.3 is 0 Å². The molecule has 0 aromatic carbocycles. The zero-order valence-corrected chi connectivity index (χ0v) is 8.02. The molecular formula is C13H17. The molecule has 0 saturated carbocycles. The molecule has 0 unspecified atom stereocenters. The second-order valence-electron chi connectivity index (χ2n) is 3.05. The second-order valence-corrected chi connectivity index (χ2v) is 3.05.